The Morgan fingerprint density at radius 1 is 1.45 bits per heavy atom. The third-order valence-corrected chi connectivity index (χ3v) is 1.91. The summed E-state index contributed by atoms with van der Waals surface area (Å²) in [4.78, 5) is 4.20. The largest absolute Gasteiger partial charge is 0.255 e. The van der Waals surface area contributed by atoms with Gasteiger partial charge in [-0.15, -0.1) is 0 Å². The van der Waals surface area contributed by atoms with Crippen LogP contribution in [0.4, 0.5) is 0 Å². The van der Waals surface area contributed by atoms with E-state index in [4.69, 9.17) is 0 Å². The molecule has 0 saturated carbocycles. The van der Waals surface area contributed by atoms with Crippen LogP contribution >= 0.6 is 15.9 Å². The molecule has 0 aliphatic heterocycles. The second-order valence-electron chi connectivity index (χ2n) is 2.26. The normalized spacial score (nSPS) is 10.3. The van der Waals surface area contributed by atoms with Crippen molar-refractivity contribution in [2.45, 2.75) is 0 Å². The highest BCUT2D eigenvalue weighted by Gasteiger charge is 1.92. The third-order valence-electron chi connectivity index (χ3n) is 1.47. The molecule has 2 rings (SSSR count). The second kappa shape index (κ2) is 2.62. The zero-order valence-corrected chi connectivity index (χ0v) is 7.30. The molecule has 1 radical (unpaired) electrons. The lowest BCUT2D eigenvalue weighted by Crippen LogP contribution is -1.76. The van der Waals surface area contributed by atoms with Crippen molar-refractivity contribution in [3.05, 3.63) is 41.0 Å². The Balaban J connectivity index is 2.83. The van der Waals surface area contributed by atoms with Crippen molar-refractivity contribution in [1.29, 1.82) is 0 Å². The average molecular weight is 207 g/mol. The topological polar surface area (TPSA) is 12.9 Å². The predicted octanol–water partition coefficient (Wildman–Crippen LogP) is 2.80. The number of benzene rings is 1. The SMILES string of the molecule is Brc1cnc2ccc[c]c2c1. The molecule has 0 N–H and O–H groups in total. The van der Waals surface area contributed by atoms with Gasteiger partial charge in [-0.3, -0.25) is 4.98 Å². The third kappa shape index (κ3) is 1.26. The quantitative estimate of drug-likeness (QED) is 0.647. The summed E-state index contributed by atoms with van der Waals surface area (Å²) in [6.45, 7) is 0. The second-order valence-corrected chi connectivity index (χ2v) is 3.17. The Bertz CT molecular complexity index is 384. The maximum Gasteiger partial charge on any atom is 0.0709 e. The van der Waals surface area contributed by atoms with Gasteiger partial charge in [0.15, 0.2) is 0 Å². The van der Waals surface area contributed by atoms with Crippen molar-refractivity contribution in [3.63, 3.8) is 0 Å². The number of aromatic nitrogens is 1. The van der Waals surface area contributed by atoms with E-state index in [0.717, 1.165) is 15.4 Å². The fourth-order valence-corrected chi connectivity index (χ4v) is 1.31. The first-order chi connectivity index (χ1) is 5.36. The fraction of sp³-hybridized carbons (Fsp3) is 0. The van der Waals surface area contributed by atoms with Gasteiger partial charge in [0, 0.05) is 16.1 Å². The minimum Gasteiger partial charge on any atom is -0.255 e. The molecule has 1 heterocycles. The number of fused-ring (bicyclic) bond motifs is 1. The average Bonchev–Trinajstić information content (AvgIpc) is 2.04. The van der Waals surface area contributed by atoms with Gasteiger partial charge in [-0.25, -0.2) is 0 Å². The van der Waals surface area contributed by atoms with Crippen molar-refractivity contribution in [2.24, 2.45) is 0 Å². The van der Waals surface area contributed by atoms with Crippen LogP contribution in [0.1, 0.15) is 0 Å². The molecule has 0 fully saturated rings. The number of hydrogen-bond acceptors (Lipinski definition) is 1. The summed E-state index contributed by atoms with van der Waals surface area (Å²) in [5.41, 5.74) is 0.982. The van der Waals surface area contributed by atoms with Crippen LogP contribution in [0.25, 0.3) is 10.9 Å². The molecule has 0 aliphatic rings. The van der Waals surface area contributed by atoms with E-state index >= 15 is 0 Å². The van der Waals surface area contributed by atoms with E-state index in [-0.39, 0.29) is 0 Å². The standard InChI is InChI=1S/C9H5BrN/c10-8-5-7-3-1-2-4-9(7)11-6-8/h1-2,4-6H. The van der Waals surface area contributed by atoms with Gasteiger partial charge < -0.3 is 0 Å². The van der Waals surface area contributed by atoms with Gasteiger partial charge in [-0.1, -0.05) is 12.1 Å². The van der Waals surface area contributed by atoms with E-state index in [1.807, 2.05) is 24.3 Å². The molecule has 11 heavy (non-hydrogen) atoms. The summed E-state index contributed by atoms with van der Waals surface area (Å²) in [5, 5.41) is 1.04. The molecular weight excluding hydrogens is 202 g/mol. The van der Waals surface area contributed by atoms with Gasteiger partial charge in [0.25, 0.3) is 0 Å². The maximum absolute atomic E-state index is 4.20. The fourth-order valence-electron chi connectivity index (χ4n) is 0.975. The first-order valence-electron chi connectivity index (χ1n) is 3.28. The summed E-state index contributed by atoms with van der Waals surface area (Å²) < 4.78 is 0.993. The molecular formula is C9H5BrN. The van der Waals surface area contributed by atoms with Crippen molar-refractivity contribution >= 4 is 26.8 Å². The van der Waals surface area contributed by atoms with E-state index in [9.17, 15) is 0 Å². The molecule has 53 valence electrons. The van der Waals surface area contributed by atoms with Crippen molar-refractivity contribution in [3.8, 4) is 0 Å². The van der Waals surface area contributed by atoms with Gasteiger partial charge >= 0.3 is 0 Å². The van der Waals surface area contributed by atoms with Crippen LogP contribution in [-0.2, 0) is 0 Å². The number of pyridine rings is 1. The van der Waals surface area contributed by atoms with Gasteiger partial charge in [0.2, 0.25) is 0 Å². The van der Waals surface area contributed by atoms with E-state index in [1.165, 1.54) is 0 Å². The Kier molecular flexibility index (Phi) is 1.62. The highest BCUT2D eigenvalue weighted by Crippen LogP contribution is 2.15. The van der Waals surface area contributed by atoms with Gasteiger partial charge in [0.05, 0.1) is 5.52 Å². The Labute approximate surface area is 73.2 Å². The number of hydrogen-bond donors (Lipinski definition) is 0. The highest BCUT2D eigenvalue weighted by atomic mass is 79.9. The van der Waals surface area contributed by atoms with Crippen LogP contribution in [0.2, 0.25) is 0 Å². The van der Waals surface area contributed by atoms with Gasteiger partial charge in [0.1, 0.15) is 0 Å². The molecule has 2 heteroatoms. The van der Waals surface area contributed by atoms with Crippen molar-refractivity contribution in [2.75, 3.05) is 0 Å². The molecule has 0 spiro atoms. The van der Waals surface area contributed by atoms with Crippen LogP contribution < -0.4 is 0 Å². The number of nitrogens with zero attached hydrogens (tertiary/aromatic N) is 1. The molecule has 0 unspecified atom stereocenters. The molecule has 0 aliphatic carbocycles. The molecule has 0 saturated heterocycles. The summed E-state index contributed by atoms with van der Waals surface area (Å²) in [6.07, 6.45) is 1.79. The zero-order chi connectivity index (χ0) is 7.68. The highest BCUT2D eigenvalue weighted by molar-refractivity contribution is 9.10. The molecule has 1 aromatic carbocycles. The van der Waals surface area contributed by atoms with E-state index in [0.29, 0.717) is 0 Å². The van der Waals surface area contributed by atoms with E-state index in [2.05, 4.69) is 27.0 Å². The molecule has 1 aromatic heterocycles. The smallest absolute Gasteiger partial charge is 0.0709 e. The van der Waals surface area contributed by atoms with Crippen LogP contribution in [0.15, 0.2) is 34.9 Å². The molecule has 2 aromatic rings. The first-order valence-corrected chi connectivity index (χ1v) is 4.07. The van der Waals surface area contributed by atoms with Crippen LogP contribution in [0, 0.1) is 6.07 Å². The molecule has 0 bridgehead atoms. The van der Waals surface area contributed by atoms with Crippen molar-refractivity contribution < 1.29 is 0 Å². The van der Waals surface area contributed by atoms with E-state index in [1.54, 1.807) is 6.20 Å². The minimum atomic E-state index is 0.982. The number of halogens is 1. The first kappa shape index (κ1) is 6.80. The maximum atomic E-state index is 4.20. The Morgan fingerprint density at radius 3 is 3.27 bits per heavy atom. The lowest BCUT2D eigenvalue weighted by Gasteiger charge is -1.94. The van der Waals surface area contributed by atoms with Gasteiger partial charge in [-0.05, 0) is 34.1 Å². The molecule has 1 nitrogen and oxygen atoms in total. The summed E-state index contributed by atoms with van der Waals surface area (Å²) in [7, 11) is 0. The summed E-state index contributed by atoms with van der Waals surface area (Å²) >= 11 is 3.35. The Hall–Kier alpha value is -0.890. The van der Waals surface area contributed by atoms with Crippen LogP contribution in [0.5, 0.6) is 0 Å². The van der Waals surface area contributed by atoms with Crippen LogP contribution in [-0.4, -0.2) is 4.98 Å². The summed E-state index contributed by atoms with van der Waals surface area (Å²) in [6, 6.07) is 10.9. The number of rotatable bonds is 0. The predicted molar refractivity (Wildman–Crippen MR) is 48.3 cm³/mol. The minimum absolute atomic E-state index is 0.982. The van der Waals surface area contributed by atoms with Crippen molar-refractivity contribution in [1.82, 2.24) is 4.98 Å². The Morgan fingerprint density at radius 2 is 2.36 bits per heavy atom. The molecule has 0 atom stereocenters. The summed E-state index contributed by atoms with van der Waals surface area (Å²) in [5.74, 6) is 0. The lowest BCUT2D eigenvalue weighted by atomic mass is 10.2. The zero-order valence-electron chi connectivity index (χ0n) is 5.71. The van der Waals surface area contributed by atoms with E-state index < -0.39 is 0 Å². The monoisotopic (exact) mass is 206 g/mol. The molecule has 0 amide bonds. The van der Waals surface area contributed by atoms with Gasteiger partial charge in [-0.2, -0.15) is 0 Å². The van der Waals surface area contributed by atoms with Crippen LogP contribution in [0.3, 0.4) is 0 Å². The lowest BCUT2D eigenvalue weighted by molar-refractivity contribution is 1.39.